The summed E-state index contributed by atoms with van der Waals surface area (Å²) in [5, 5.41) is 0. The van der Waals surface area contributed by atoms with Crippen LogP contribution in [0.15, 0.2) is 67.5 Å². The molecule has 0 spiro atoms. The second kappa shape index (κ2) is 8.26. The van der Waals surface area contributed by atoms with Crippen molar-refractivity contribution in [2.45, 2.75) is 38.2 Å². The predicted molar refractivity (Wildman–Crippen MR) is 110 cm³/mol. The van der Waals surface area contributed by atoms with Gasteiger partial charge in [0, 0.05) is 36.4 Å². The Hall–Kier alpha value is -3.14. The third-order valence-electron chi connectivity index (χ3n) is 5.24. The fourth-order valence-electron chi connectivity index (χ4n) is 3.89. The van der Waals surface area contributed by atoms with Gasteiger partial charge in [-0.2, -0.15) is 0 Å². The van der Waals surface area contributed by atoms with E-state index in [1.54, 1.807) is 6.20 Å². The lowest BCUT2D eigenvalue weighted by Crippen LogP contribution is -2.17. The zero-order valence-corrected chi connectivity index (χ0v) is 15.9. The molecule has 0 fully saturated rings. The second-order valence-corrected chi connectivity index (χ2v) is 7.10. The second-order valence-electron chi connectivity index (χ2n) is 7.10. The number of benzene rings is 2. The van der Waals surface area contributed by atoms with Crippen molar-refractivity contribution >= 4 is 5.78 Å². The highest BCUT2D eigenvalue weighted by Crippen LogP contribution is 2.35. The molecule has 1 unspecified atom stereocenters. The first-order valence-corrected chi connectivity index (χ1v) is 9.75. The molecule has 2 aromatic carbocycles. The minimum Gasteiger partial charge on any atom is -0.485 e. The van der Waals surface area contributed by atoms with Crippen molar-refractivity contribution in [1.29, 1.82) is 0 Å². The molecule has 1 heterocycles. The molecule has 0 radical (unpaired) electrons. The summed E-state index contributed by atoms with van der Waals surface area (Å²) in [4.78, 5) is 19.9. The van der Waals surface area contributed by atoms with Crippen molar-refractivity contribution < 1.29 is 9.53 Å². The molecule has 4 nitrogen and oxygen atoms in total. The van der Waals surface area contributed by atoms with Crippen LogP contribution in [0.5, 0.6) is 5.75 Å². The number of H-pyrrole nitrogens is 1. The van der Waals surface area contributed by atoms with Crippen LogP contribution in [0.25, 0.3) is 0 Å². The molecule has 4 heteroatoms. The SMILES string of the molecule is C=CCc1c(OC(Cc2ncc[nH]2)c2ccccc2)ccc2c1CCCC2=O. The molecule has 0 amide bonds. The number of carbonyl (C=O) groups excluding carboxylic acids is 1. The number of hydrogen-bond donors (Lipinski definition) is 1. The monoisotopic (exact) mass is 372 g/mol. The maximum absolute atomic E-state index is 12.3. The normalized spacial score (nSPS) is 14.4. The summed E-state index contributed by atoms with van der Waals surface area (Å²) < 4.78 is 6.54. The van der Waals surface area contributed by atoms with E-state index in [4.69, 9.17) is 4.74 Å². The summed E-state index contributed by atoms with van der Waals surface area (Å²) in [6, 6.07) is 14.0. The van der Waals surface area contributed by atoms with Gasteiger partial charge in [-0.25, -0.2) is 4.98 Å². The number of rotatable bonds is 7. The first kappa shape index (κ1) is 18.2. The molecular formula is C24H24N2O2. The molecule has 0 aliphatic heterocycles. The van der Waals surface area contributed by atoms with Crippen molar-refractivity contribution in [3.05, 3.63) is 95.6 Å². The molecule has 1 aliphatic carbocycles. The maximum atomic E-state index is 12.3. The molecule has 0 saturated carbocycles. The molecule has 0 bridgehead atoms. The number of nitrogens with one attached hydrogen (secondary N) is 1. The number of imidazole rings is 1. The van der Waals surface area contributed by atoms with Crippen molar-refractivity contribution in [2.75, 3.05) is 0 Å². The number of hydrogen-bond acceptors (Lipinski definition) is 3. The number of fused-ring (bicyclic) bond motifs is 1. The molecular weight excluding hydrogens is 348 g/mol. The average molecular weight is 372 g/mol. The van der Waals surface area contributed by atoms with E-state index in [-0.39, 0.29) is 11.9 Å². The van der Waals surface area contributed by atoms with Gasteiger partial charge in [0.05, 0.1) is 0 Å². The Labute approximate surface area is 165 Å². The van der Waals surface area contributed by atoms with Crippen LogP contribution in [0.4, 0.5) is 0 Å². The van der Waals surface area contributed by atoms with Gasteiger partial charge < -0.3 is 9.72 Å². The molecule has 1 atom stereocenters. The Bertz CT molecular complexity index is 962. The Balaban J connectivity index is 1.71. The summed E-state index contributed by atoms with van der Waals surface area (Å²) >= 11 is 0. The van der Waals surface area contributed by atoms with E-state index in [1.165, 1.54) is 0 Å². The Morgan fingerprint density at radius 2 is 2.04 bits per heavy atom. The highest BCUT2D eigenvalue weighted by atomic mass is 16.5. The fraction of sp³-hybridized carbons (Fsp3) is 0.250. The molecule has 1 N–H and O–H groups in total. The van der Waals surface area contributed by atoms with Crippen LogP contribution < -0.4 is 4.74 Å². The van der Waals surface area contributed by atoms with Gasteiger partial charge in [0.2, 0.25) is 0 Å². The Morgan fingerprint density at radius 3 is 2.79 bits per heavy atom. The van der Waals surface area contributed by atoms with Crippen molar-refractivity contribution in [2.24, 2.45) is 0 Å². The van der Waals surface area contributed by atoms with Crippen LogP contribution in [0.3, 0.4) is 0 Å². The van der Waals surface area contributed by atoms with Crippen LogP contribution in [-0.2, 0) is 19.3 Å². The number of carbonyl (C=O) groups is 1. The maximum Gasteiger partial charge on any atom is 0.163 e. The molecule has 142 valence electrons. The zero-order chi connectivity index (χ0) is 19.3. The number of ether oxygens (including phenoxy) is 1. The topological polar surface area (TPSA) is 55.0 Å². The van der Waals surface area contributed by atoms with E-state index >= 15 is 0 Å². The molecule has 4 rings (SSSR count). The number of ketones is 1. The van der Waals surface area contributed by atoms with Gasteiger partial charge in [0.25, 0.3) is 0 Å². The predicted octanol–water partition coefficient (Wildman–Crippen LogP) is 5.02. The number of allylic oxidation sites excluding steroid dienone is 1. The highest BCUT2D eigenvalue weighted by Gasteiger charge is 2.24. The van der Waals surface area contributed by atoms with Crippen molar-refractivity contribution in [3.63, 3.8) is 0 Å². The lowest BCUT2D eigenvalue weighted by Gasteiger charge is -2.25. The van der Waals surface area contributed by atoms with Gasteiger partial charge in [0.1, 0.15) is 17.7 Å². The number of Topliss-reactive ketones (excluding diaryl/α,β-unsaturated/α-hetero) is 1. The lowest BCUT2D eigenvalue weighted by atomic mass is 9.86. The first-order valence-electron chi connectivity index (χ1n) is 9.75. The summed E-state index contributed by atoms with van der Waals surface area (Å²) in [6.07, 6.45) is 9.05. The fourth-order valence-corrected chi connectivity index (χ4v) is 3.89. The quantitative estimate of drug-likeness (QED) is 0.593. The number of nitrogens with zero attached hydrogens (tertiary/aromatic N) is 1. The zero-order valence-electron chi connectivity index (χ0n) is 15.9. The average Bonchev–Trinajstić information content (AvgIpc) is 3.23. The smallest absolute Gasteiger partial charge is 0.163 e. The van der Waals surface area contributed by atoms with Crippen LogP contribution in [-0.4, -0.2) is 15.8 Å². The van der Waals surface area contributed by atoms with E-state index in [2.05, 4.69) is 28.7 Å². The lowest BCUT2D eigenvalue weighted by molar-refractivity contribution is 0.0972. The molecule has 28 heavy (non-hydrogen) atoms. The third kappa shape index (κ3) is 3.77. The van der Waals surface area contributed by atoms with E-state index in [0.29, 0.717) is 19.3 Å². The Kier molecular flexibility index (Phi) is 5.38. The first-order chi connectivity index (χ1) is 13.8. The van der Waals surface area contributed by atoms with Gasteiger partial charge in [-0.15, -0.1) is 6.58 Å². The van der Waals surface area contributed by atoms with Crippen LogP contribution in [0, 0.1) is 0 Å². The van der Waals surface area contributed by atoms with Crippen LogP contribution in [0.2, 0.25) is 0 Å². The summed E-state index contributed by atoms with van der Waals surface area (Å²) in [6.45, 7) is 3.91. The van der Waals surface area contributed by atoms with E-state index in [0.717, 1.165) is 46.7 Å². The van der Waals surface area contributed by atoms with E-state index < -0.39 is 0 Å². The minimum atomic E-state index is -0.173. The number of aromatic nitrogens is 2. The number of aromatic amines is 1. The van der Waals surface area contributed by atoms with Crippen LogP contribution >= 0.6 is 0 Å². The molecule has 0 saturated heterocycles. The summed E-state index contributed by atoms with van der Waals surface area (Å²) in [5.74, 6) is 1.94. The van der Waals surface area contributed by atoms with Gasteiger partial charge >= 0.3 is 0 Å². The largest absolute Gasteiger partial charge is 0.485 e. The highest BCUT2D eigenvalue weighted by molar-refractivity contribution is 5.99. The van der Waals surface area contributed by atoms with Gasteiger partial charge in [-0.1, -0.05) is 36.4 Å². The van der Waals surface area contributed by atoms with Gasteiger partial charge in [-0.05, 0) is 42.5 Å². The Morgan fingerprint density at radius 1 is 1.18 bits per heavy atom. The minimum absolute atomic E-state index is 0.173. The summed E-state index contributed by atoms with van der Waals surface area (Å²) in [7, 11) is 0. The third-order valence-corrected chi connectivity index (χ3v) is 5.24. The van der Waals surface area contributed by atoms with Gasteiger partial charge in [0.15, 0.2) is 5.78 Å². The summed E-state index contributed by atoms with van der Waals surface area (Å²) in [5.41, 5.74) is 4.15. The van der Waals surface area contributed by atoms with Crippen LogP contribution in [0.1, 0.15) is 51.8 Å². The van der Waals surface area contributed by atoms with Crippen molar-refractivity contribution in [3.8, 4) is 5.75 Å². The molecule has 1 aliphatic rings. The van der Waals surface area contributed by atoms with Crippen molar-refractivity contribution in [1.82, 2.24) is 9.97 Å². The molecule has 1 aromatic heterocycles. The standard InChI is InChI=1S/C24H24N2O2/c1-2-7-20-18-10-6-11-21(27)19(18)12-13-22(20)28-23(16-24-25-14-15-26-24)17-8-4-3-5-9-17/h2-5,8-9,12-15,23H,1,6-7,10-11,16H2,(H,25,26). The van der Waals surface area contributed by atoms with Gasteiger partial charge in [-0.3, -0.25) is 4.79 Å². The molecule has 3 aromatic rings. The van der Waals surface area contributed by atoms with E-state index in [9.17, 15) is 4.79 Å². The van der Waals surface area contributed by atoms with E-state index in [1.807, 2.05) is 42.6 Å².